The molecule has 0 aliphatic rings. The van der Waals surface area contributed by atoms with Gasteiger partial charge in [0.25, 0.3) is 0 Å². The molecule has 0 saturated heterocycles. The molecule has 10 heteroatoms. The quantitative estimate of drug-likeness (QED) is 0.296. The largest absolute Gasteiger partial charge is 0.355 e. The third-order valence-electron chi connectivity index (χ3n) is 1.33. The zero-order chi connectivity index (χ0) is 20.3. The topological polar surface area (TPSA) is 124 Å². The van der Waals surface area contributed by atoms with Crippen LogP contribution in [0.3, 0.4) is 0 Å². The highest BCUT2D eigenvalue weighted by atomic mass is 33.1. The Kier molecular flexibility index (Phi) is 30.4. The van der Waals surface area contributed by atoms with Gasteiger partial charge < -0.3 is 27.3 Å². The maximum atomic E-state index is 10.4. The van der Waals surface area contributed by atoms with Crippen LogP contribution in [0.15, 0.2) is 0 Å². The van der Waals surface area contributed by atoms with Gasteiger partial charge in [0.2, 0.25) is 5.91 Å². The maximum Gasteiger partial charge on any atom is 0.216 e. The van der Waals surface area contributed by atoms with Crippen LogP contribution in [0.1, 0.15) is 25.2 Å². The first-order valence-corrected chi connectivity index (χ1v) is 12.2. The van der Waals surface area contributed by atoms with Crippen LogP contribution in [-0.4, -0.2) is 60.9 Å². The second kappa shape index (κ2) is 27.3. The summed E-state index contributed by atoms with van der Waals surface area (Å²) in [5, 5.41) is 2.72. The van der Waals surface area contributed by atoms with Crippen LogP contribution in [0.2, 0.25) is 0 Å². The molecule has 0 rings (SSSR count). The monoisotopic (exact) mass is 413 g/mol. The van der Waals surface area contributed by atoms with E-state index < -0.39 is 0 Å². The van der Waals surface area contributed by atoms with E-state index >= 15 is 0 Å². The van der Waals surface area contributed by atoms with E-state index in [1.165, 1.54) is 20.8 Å². The van der Waals surface area contributed by atoms with Crippen molar-refractivity contribution in [2.75, 3.05) is 49.2 Å². The molecule has 0 heterocycles. The molecule has 0 radical (unpaired) electrons. The van der Waals surface area contributed by atoms with Crippen molar-refractivity contribution in [1.29, 1.82) is 0 Å². The Hall–Kier alpha value is 0.420. The molecule has 0 atom stereocenters. The normalized spacial score (nSPS) is 9.48. The lowest BCUT2D eigenvalue weighted by molar-refractivity contribution is -0.119. The van der Waals surface area contributed by atoms with E-state index in [9.17, 15) is 9.59 Å². The number of amides is 1. The van der Waals surface area contributed by atoms with E-state index in [1.54, 1.807) is 43.2 Å². The van der Waals surface area contributed by atoms with Crippen LogP contribution in [0, 0.1) is 0 Å². The molecule has 0 bridgehead atoms. The van der Waals surface area contributed by atoms with Crippen molar-refractivity contribution < 1.29 is 14.0 Å². The summed E-state index contributed by atoms with van der Waals surface area (Å²) in [6.07, 6.45) is 0. The average Bonchev–Trinajstić information content (AvgIpc) is 2.57. The fourth-order valence-electron chi connectivity index (χ4n) is 0.649. The molecule has 0 aromatic heterocycles. The number of ketones is 1. The van der Waals surface area contributed by atoms with E-state index in [4.69, 9.17) is 20.2 Å². The Morgan fingerprint density at radius 1 is 0.870 bits per heavy atom. The Labute approximate surface area is 161 Å². The molecule has 7 N–H and O–H groups in total. The Morgan fingerprint density at radius 2 is 1.17 bits per heavy atom. The van der Waals surface area contributed by atoms with Gasteiger partial charge in [-0.1, -0.05) is 43.2 Å². The van der Waals surface area contributed by atoms with Gasteiger partial charge in [-0.3, -0.25) is 4.79 Å². The molecular formula is C13H36N4O2S4. The smallest absolute Gasteiger partial charge is 0.216 e. The Balaban J connectivity index is -0.0000000864. The molecule has 1 amide bonds. The van der Waals surface area contributed by atoms with Gasteiger partial charge in [0.05, 0.1) is 0 Å². The lowest BCUT2D eigenvalue weighted by atomic mass is 10.6. The van der Waals surface area contributed by atoms with Gasteiger partial charge in [0.15, 0.2) is 0 Å². The minimum Gasteiger partial charge on any atom is -0.355 e. The summed E-state index contributed by atoms with van der Waals surface area (Å²) in [4.78, 5) is 19.8. The van der Waals surface area contributed by atoms with Crippen molar-refractivity contribution in [2.24, 2.45) is 17.2 Å². The Morgan fingerprint density at radius 3 is 1.43 bits per heavy atom. The lowest BCUT2D eigenvalue weighted by Crippen LogP contribution is -2.22. The molecule has 0 aromatic carbocycles. The number of nitrogens with two attached hydrogens (primary N) is 3. The standard InChI is InChI=1S/C6H14N2OS2.C4H12N2S2.C3H6O.2H2/c1-6(9)8-3-5-11-10-4-2-7;5-1-3-7-8-4-2-6;1-3(2)4;;/h2-5,7H2,1H3,(H,8,9);1-6H2;1-2H3;2*1H/i;;;1+2D;1+2. The zero-order valence-electron chi connectivity index (χ0n) is 16.3. The van der Waals surface area contributed by atoms with Crippen LogP contribution in [0.4, 0.5) is 0 Å². The molecule has 0 aromatic rings. The molecule has 0 fully saturated rings. The first-order chi connectivity index (χ1) is 11.9. The summed E-state index contributed by atoms with van der Waals surface area (Å²) in [5.41, 5.74) is 15.8. The van der Waals surface area contributed by atoms with Crippen LogP contribution >= 0.6 is 43.2 Å². The predicted octanol–water partition coefficient (Wildman–Crippen LogP) is 1.84. The minimum absolute atomic E-state index is 0. The molecular weight excluding hydrogens is 372 g/mol. The molecule has 0 saturated carbocycles. The first-order valence-electron chi connectivity index (χ1n) is 8.22. The van der Waals surface area contributed by atoms with Gasteiger partial charge in [-0.25, -0.2) is 0 Å². The third kappa shape index (κ3) is 51.9. The van der Waals surface area contributed by atoms with Gasteiger partial charge in [-0.05, 0) is 13.8 Å². The van der Waals surface area contributed by atoms with Crippen molar-refractivity contribution in [3.8, 4) is 0 Å². The lowest BCUT2D eigenvalue weighted by Gasteiger charge is -2.00. The second-order valence-corrected chi connectivity index (χ2v) is 9.45. The number of hydrogen-bond donors (Lipinski definition) is 4. The SMILES string of the molecule is CC(=O)NCCSSCCN.CC(C)=O.NCCSSCCN.[2H][3H].[3HH]. The van der Waals surface area contributed by atoms with Gasteiger partial charge in [0, 0.05) is 60.5 Å². The van der Waals surface area contributed by atoms with Crippen molar-refractivity contribution >= 4 is 54.9 Å². The second-order valence-electron chi connectivity index (χ2n) is 4.05. The van der Waals surface area contributed by atoms with E-state index in [0.717, 1.165) is 49.2 Å². The summed E-state index contributed by atoms with van der Waals surface area (Å²) in [6.45, 7) is 7.58. The highest BCUT2D eigenvalue weighted by Crippen LogP contribution is 2.19. The van der Waals surface area contributed by atoms with Crippen LogP contribution < -0.4 is 22.5 Å². The van der Waals surface area contributed by atoms with Crippen molar-refractivity contribution in [1.82, 2.24) is 5.32 Å². The highest BCUT2D eigenvalue weighted by molar-refractivity contribution is 8.77. The van der Waals surface area contributed by atoms with Gasteiger partial charge >= 0.3 is 0 Å². The number of nitrogens with one attached hydrogen (secondary N) is 1. The molecule has 23 heavy (non-hydrogen) atoms. The van der Waals surface area contributed by atoms with Crippen LogP contribution in [0.5, 0.6) is 0 Å². The fourth-order valence-corrected chi connectivity index (χ4v) is 4.12. The summed E-state index contributed by atoms with van der Waals surface area (Å²) in [6, 6.07) is 0. The van der Waals surface area contributed by atoms with Gasteiger partial charge in [0.1, 0.15) is 5.78 Å². The number of hydrogen-bond acceptors (Lipinski definition) is 9. The Bertz CT molecular complexity index is 266. The van der Waals surface area contributed by atoms with Gasteiger partial charge in [-0.2, -0.15) is 0 Å². The van der Waals surface area contributed by atoms with E-state index in [1.807, 2.05) is 0 Å². The number of carbonyl (C=O) groups is 2. The number of Topliss-reactive ketones (excluding diaryl/α,β-unsaturated/α-hetero) is 1. The first kappa shape index (κ1) is 25.7. The molecule has 6 nitrogen and oxygen atoms in total. The van der Waals surface area contributed by atoms with Crippen molar-refractivity contribution in [3.63, 3.8) is 0 Å². The van der Waals surface area contributed by atoms with Gasteiger partial charge in [-0.15, -0.1) is 0 Å². The number of rotatable bonds is 11. The summed E-state index contributed by atoms with van der Waals surface area (Å²) < 4.78 is 10.0. The number of carbonyl (C=O) groups excluding carboxylic acids is 2. The molecule has 0 spiro atoms. The van der Waals surface area contributed by atoms with Crippen molar-refractivity contribution in [2.45, 2.75) is 20.8 Å². The van der Waals surface area contributed by atoms with E-state index in [0.29, 0.717) is 0 Å². The maximum absolute atomic E-state index is 10.4. The van der Waals surface area contributed by atoms with Crippen LogP contribution in [-0.2, 0) is 9.59 Å². The van der Waals surface area contributed by atoms with Crippen LogP contribution in [0.25, 0.3) is 0 Å². The highest BCUT2D eigenvalue weighted by Gasteiger charge is 1.91. The molecule has 0 unspecified atom stereocenters. The fraction of sp³-hybridized carbons (Fsp3) is 0.846. The van der Waals surface area contributed by atoms with E-state index in [2.05, 4.69) is 5.32 Å². The molecule has 144 valence electrons. The molecule has 0 aliphatic carbocycles. The van der Waals surface area contributed by atoms with E-state index in [-0.39, 0.29) is 13.1 Å². The minimum atomic E-state index is 0. The summed E-state index contributed by atoms with van der Waals surface area (Å²) in [5.74, 6) is 4.19. The zero-order valence-corrected chi connectivity index (χ0v) is 17.6. The molecule has 0 aliphatic heterocycles. The third-order valence-corrected chi connectivity index (χ3v) is 6.24. The van der Waals surface area contributed by atoms with Crippen molar-refractivity contribution in [3.05, 3.63) is 0 Å². The summed E-state index contributed by atoms with van der Waals surface area (Å²) in [7, 11) is 7.07. The average molecular weight is 414 g/mol. The predicted molar refractivity (Wildman–Crippen MR) is 116 cm³/mol. The summed E-state index contributed by atoms with van der Waals surface area (Å²) >= 11 is 0.